The van der Waals surface area contributed by atoms with Crippen LogP contribution in [0.3, 0.4) is 0 Å². The van der Waals surface area contributed by atoms with Crippen LogP contribution in [0, 0.1) is 0 Å². The van der Waals surface area contributed by atoms with Crippen LogP contribution in [0.15, 0.2) is 18.2 Å². The number of carbonyl (C=O) groups excluding carboxylic acids is 1. The average Bonchev–Trinajstić information content (AvgIpc) is 2.50. The molecule has 1 aliphatic heterocycles. The van der Waals surface area contributed by atoms with Gasteiger partial charge in [-0.3, -0.25) is 10.0 Å². The molecule has 0 saturated carbocycles. The van der Waals surface area contributed by atoms with Gasteiger partial charge in [0.05, 0.1) is 0 Å². The molecule has 86 valence electrons. The van der Waals surface area contributed by atoms with Crippen molar-refractivity contribution in [3.63, 3.8) is 0 Å². The molecule has 0 spiro atoms. The van der Waals surface area contributed by atoms with Crippen molar-refractivity contribution >= 4 is 5.91 Å². The number of fused-ring (bicyclic) bond motifs is 1. The summed E-state index contributed by atoms with van der Waals surface area (Å²) in [7, 11) is 0. The van der Waals surface area contributed by atoms with Crippen LogP contribution in [0.25, 0.3) is 0 Å². The first-order valence-electron chi connectivity index (χ1n) is 5.14. The van der Waals surface area contributed by atoms with Crippen LogP contribution in [0.5, 0.6) is 5.75 Å². The molecule has 1 heterocycles. The number of hydroxylamine groups is 1. The molecule has 5 nitrogen and oxygen atoms in total. The van der Waals surface area contributed by atoms with Gasteiger partial charge in [0.1, 0.15) is 12.4 Å². The van der Waals surface area contributed by atoms with Crippen LogP contribution in [0.2, 0.25) is 0 Å². The minimum absolute atomic E-state index is 0.280. The maximum absolute atomic E-state index is 11.2. The van der Waals surface area contributed by atoms with Crippen molar-refractivity contribution in [2.75, 3.05) is 6.61 Å². The summed E-state index contributed by atoms with van der Waals surface area (Å²) in [5, 5.41) is 11.8. The Morgan fingerprint density at radius 3 is 3.19 bits per heavy atom. The molecule has 1 amide bonds. The van der Waals surface area contributed by atoms with Crippen molar-refractivity contribution in [2.45, 2.75) is 19.5 Å². The zero-order chi connectivity index (χ0) is 11.5. The Bertz CT molecular complexity index is 406. The van der Waals surface area contributed by atoms with Crippen molar-refractivity contribution in [3.8, 4) is 5.75 Å². The van der Waals surface area contributed by atoms with E-state index in [0.717, 1.165) is 12.1 Å². The van der Waals surface area contributed by atoms with Gasteiger partial charge in [0.25, 0.3) is 5.91 Å². The van der Waals surface area contributed by atoms with Crippen LogP contribution in [0.1, 0.15) is 22.8 Å². The Balaban J connectivity index is 2.28. The van der Waals surface area contributed by atoms with E-state index in [2.05, 4.69) is 5.32 Å². The average molecular weight is 222 g/mol. The summed E-state index contributed by atoms with van der Waals surface area (Å²) >= 11 is 0. The topological polar surface area (TPSA) is 70.6 Å². The van der Waals surface area contributed by atoms with Crippen molar-refractivity contribution in [3.05, 3.63) is 29.3 Å². The molecule has 2 rings (SSSR count). The lowest BCUT2D eigenvalue weighted by molar-refractivity contribution is 0.0706. The first-order valence-corrected chi connectivity index (χ1v) is 5.14. The molecule has 0 radical (unpaired) electrons. The highest BCUT2D eigenvalue weighted by Gasteiger charge is 2.15. The third-order valence-corrected chi connectivity index (χ3v) is 2.56. The molecule has 0 aliphatic carbocycles. The molecule has 5 heteroatoms. The smallest absolute Gasteiger partial charge is 0.274 e. The quantitative estimate of drug-likeness (QED) is 0.482. The zero-order valence-corrected chi connectivity index (χ0v) is 8.99. The van der Waals surface area contributed by atoms with E-state index in [9.17, 15) is 4.79 Å². The van der Waals surface area contributed by atoms with Gasteiger partial charge in [0.15, 0.2) is 0 Å². The summed E-state index contributed by atoms with van der Waals surface area (Å²) in [6.07, 6.45) is 0. The number of hydrogen-bond acceptors (Lipinski definition) is 4. The largest absolute Gasteiger partial charge is 0.492 e. The SMILES string of the molecule is C[C@H]1COc2cc(C(=O)NO)ccc2CN1. The second kappa shape index (κ2) is 4.51. The van der Waals surface area contributed by atoms with Crippen molar-refractivity contribution in [2.24, 2.45) is 0 Å². The molecule has 0 fully saturated rings. The van der Waals surface area contributed by atoms with Crippen LogP contribution >= 0.6 is 0 Å². The predicted octanol–water partition coefficient (Wildman–Crippen LogP) is 0.676. The molecule has 1 aromatic carbocycles. The van der Waals surface area contributed by atoms with E-state index in [1.54, 1.807) is 17.6 Å². The summed E-state index contributed by atoms with van der Waals surface area (Å²) in [5.74, 6) is 0.162. The molecule has 3 N–H and O–H groups in total. The molecule has 0 saturated heterocycles. The van der Waals surface area contributed by atoms with Gasteiger partial charge in [-0.1, -0.05) is 6.07 Å². The third kappa shape index (κ3) is 2.15. The van der Waals surface area contributed by atoms with Crippen LogP contribution in [0.4, 0.5) is 0 Å². The Labute approximate surface area is 93.4 Å². The minimum atomic E-state index is -0.531. The fraction of sp³-hybridized carbons (Fsp3) is 0.364. The molecule has 0 aromatic heterocycles. The van der Waals surface area contributed by atoms with Gasteiger partial charge in [0, 0.05) is 23.7 Å². The highest BCUT2D eigenvalue weighted by molar-refractivity contribution is 5.93. The van der Waals surface area contributed by atoms with E-state index in [1.807, 2.05) is 13.0 Å². The van der Waals surface area contributed by atoms with Crippen molar-refractivity contribution < 1.29 is 14.7 Å². The Kier molecular flexibility index (Phi) is 3.07. The van der Waals surface area contributed by atoms with Gasteiger partial charge in [-0.25, -0.2) is 5.48 Å². The van der Waals surface area contributed by atoms with Crippen molar-refractivity contribution in [1.29, 1.82) is 0 Å². The monoisotopic (exact) mass is 222 g/mol. The predicted molar refractivity (Wildman–Crippen MR) is 57.5 cm³/mol. The summed E-state index contributed by atoms with van der Waals surface area (Å²) in [4.78, 5) is 11.2. The molecular weight excluding hydrogens is 208 g/mol. The Morgan fingerprint density at radius 1 is 1.62 bits per heavy atom. The fourth-order valence-corrected chi connectivity index (χ4v) is 1.60. The van der Waals surface area contributed by atoms with Crippen LogP contribution in [-0.2, 0) is 6.54 Å². The summed E-state index contributed by atoms with van der Waals surface area (Å²) in [5.41, 5.74) is 3.00. The number of benzene rings is 1. The van der Waals surface area contributed by atoms with Crippen LogP contribution in [-0.4, -0.2) is 23.8 Å². The summed E-state index contributed by atoms with van der Waals surface area (Å²) in [6, 6.07) is 5.40. The van der Waals surface area contributed by atoms with Gasteiger partial charge >= 0.3 is 0 Å². The molecule has 1 atom stereocenters. The van der Waals surface area contributed by atoms with E-state index < -0.39 is 5.91 Å². The molecular formula is C11H14N2O3. The van der Waals surface area contributed by atoms with E-state index in [0.29, 0.717) is 17.9 Å². The maximum atomic E-state index is 11.2. The second-order valence-electron chi connectivity index (χ2n) is 3.86. The number of nitrogens with one attached hydrogen (secondary N) is 2. The van der Waals surface area contributed by atoms with Gasteiger partial charge in [-0.2, -0.15) is 0 Å². The molecule has 1 aliphatic rings. The van der Waals surface area contributed by atoms with E-state index in [1.165, 1.54) is 0 Å². The fourth-order valence-electron chi connectivity index (χ4n) is 1.60. The highest BCUT2D eigenvalue weighted by atomic mass is 16.5. The number of ether oxygens (including phenoxy) is 1. The van der Waals surface area contributed by atoms with E-state index in [4.69, 9.17) is 9.94 Å². The van der Waals surface area contributed by atoms with Gasteiger partial charge in [0.2, 0.25) is 0 Å². The lowest BCUT2D eigenvalue weighted by Crippen LogP contribution is -2.28. The van der Waals surface area contributed by atoms with Crippen molar-refractivity contribution in [1.82, 2.24) is 10.8 Å². The standard InChI is InChI=1S/C11H14N2O3/c1-7-6-16-10-4-8(11(14)13-15)2-3-9(10)5-12-7/h2-4,7,12,15H,5-6H2,1H3,(H,13,14)/t7-/m0/s1. The number of rotatable bonds is 1. The molecule has 0 unspecified atom stereocenters. The van der Waals surface area contributed by atoms with Gasteiger partial charge < -0.3 is 10.1 Å². The van der Waals surface area contributed by atoms with Gasteiger partial charge in [-0.05, 0) is 19.1 Å². The van der Waals surface area contributed by atoms with Gasteiger partial charge in [-0.15, -0.1) is 0 Å². The number of carbonyl (C=O) groups is 1. The van der Waals surface area contributed by atoms with Crippen LogP contribution < -0.4 is 15.5 Å². The lowest BCUT2D eigenvalue weighted by atomic mass is 10.1. The summed E-state index contributed by atoms with van der Waals surface area (Å²) < 4.78 is 5.57. The van der Waals surface area contributed by atoms with E-state index >= 15 is 0 Å². The zero-order valence-electron chi connectivity index (χ0n) is 8.99. The summed E-state index contributed by atoms with van der Waals surface area (Å²) in [6.45, 7) is 3.32. The highest BCUT2D eigenvalue weighted by Crippen LogP contribution is 2.22. The normalized spacial score (nSPS) is 19.2. The molecule has 0 bridgehead atoms. The first-order chi connectivity index (χ1) is 7.70. The third-order valence-electron chi connectivity index (χ3n) is 2.56. The first kappa shape index (κ1) is 10.9. The minimum Gasteiger partial charge on any atom is -0.492 e. The Morgan fingerprint density at radius 2 is 2.44 bits per heavy atom. The lowest BCUT2D eigenvalue weighted by Gasteiger charge is -2.08. The molecule has 1 aromatic rings. The Hall–Kier alpha value is -1.59. The molecule has 16 heavy (non-hydrogen) atoms. The number of amides is 1. The number of hydrogen-bond donors (Lipinski definition) is 3. The maximum Gasteiger partial charge on any atom is 0.274 e. The second-order valence-corrected chi connectivity index (χ2v) is 3.86. The van der Waals surface area contributed by atoms with E-state index in [-0.39, 0.29) is 6.04 Å².